The van der Waals surface area contributed by atoms with Gasteiger partial charge < -0.3 is 10.4 Å². The van der Waals surface area contributed by atoms with Crippen molar-refractivity contribution >= 4 is 23.6 Å². The van der Waals surface area contributed by atoms with Crippen LogP contribution in [0.4, 0.5) is 0 Å². The van der Waals surface area contributed by atoms with Crippen LogP contribution in [0.1, 0.15) is 26.2 Å². The molecule has 0 bridgehead atoms. The molecule has 0 saturated heterocycles. The molecule has 1 saturated carbocycles. The minimum atomic E-state index is -0.791. The monoisotopic (exact) mass is 231 g/mol. The summed E-state index contributed by atoms with van der Waals surface area (Å²) >= 11 is 1.63. The van der Waals surface area contributed by atoms with Gasteiger partial charge in [0.25, 0.3) is 0 Å². The minimum absolute atomic E-state index is 0.0515. The average molecular weight is 231 g/mol. The second kappa shape index (κ2) is 4.88. The van der Waals surface area contributed by atoms with Gasteiger partial charge in [-0.2, -0.15) is 11.8 Å². The van der Waals surface area contributed by atoms with Crippen LogP contribution in [-0.2, 0) is 9.59 Å². The third-order valence-corrected chi connectivity index (χ3v) is 3.78. The lowest BCUT2D eigenvalue weighted by Crippen LogP contribution is -2.35. The Balaban J connectivity index is 2.26. The topological polar surface area (TPSA) is 66.4 Å². The lowest BCUT2D eigenvalue weighted by Gasteiger charge is -2.12. The van der Waals surface area contributed by atoms with Crippen molar-refractivity contribution in [3.63, 3.8) is 0 Å². The molecular weight excluding hydrogens is 214 g/mol. The lowest BCUT2D eigenvalue weighted by atomic mass is 10.1. The van der Waals surface area contributed by atoms with Gasteiger partial charge in [-0.05, 0) is 19.1 Å². The Hall–Kier alpha value is -0.710. The third kappa shape index (κ3) is 3.41. The number of nitrogens with one attached hydrogen (secondary N) is 1. The zero-order chi connectivity index (χ0) is 11.5. The molecule has 0 aromatic carbocycles. The second-order valence-corrected chi connectivity index (χ2v) is 5.39. The maximum absolute atomic E-state index is 11.4. The summed E-state index contributed by atoms with van der Waals surface area (Å²) in [5.74, 6) is -0.843. The number of aliphatic carboxylic acids is 1. The first-order valence-electron chi connectivity index (χ1n) is 5.03. The molecule has 0 aliphatic heterocycles. The normalized spacial score (nSPS) is 19.3. The molecule has 1 aliphatic carbocycles. The summed E-state index contributed by atoms with van der Waals surface area (Å²) in [6.07, 6.45) is 3.77. The van der Waals surface area contributed by atoms with E-state index in [1.54, 1.807) is 11.8 Å². The fraction of sp³-hybridized carbons (Fsp3) is 0.800. The number of hydrogen-bond donors (Lipinski definition) is 2. The summed E-state index contributed by atoms with van der Waals surface area (Å²) in [4.78, 5) is 22.2. The van der Waals surface area contributed by atoms with Crippen molar-refractivity contribution in [3.05, 3.63) is 0 Å². The smallest absolute Gasteiger partial charge is 0.311 e. The molecule has 0 aromatic rings. The predicted molar refractivity (Wildman–Crippen MR) is 59.9 cm³/mol. The number of carboxylic acids is 1. The highest BCUT2D eigenvalue weighted by molar-refractivity contribution is 7.99. The van der Waals surface area contributed by atoms with Gasteiger partial charge in [-0.15, -0.1) is 0 Å². The van der Waals surface area contributed by atoms with Crippen molar-refractivity contribution in [2.75, 3.05) is 12.8 Å². The van der Waals surface area contributed by atoms with Gasteiger partial charge in [-0.1, -0.05) is 6.92 Å². The Labute approximate surface area is 93.8 Å². The maximum atomic E-state index is 11.4. The molecule has 1 aliphatic rings. The van der Waals surface area contributed by atoms with Crippen LogP contribution in [0.3, 0.4) is 0 Å². The summed E-state index contributed by atoms with van der Waals surface area (Å²) in [7, 11) is 0. The summed E-state index contributed by atoms with van der Waals surface area (Å²) < 4.78 is 0. The van der Waals surface area contributed by atoms with E-state index in [9.17, 15) is 9.59 Å². The van der Waals surface area contributed by atoms with E-state index in [0.717, 1.165) is 0 Å². The van der Waals surface area contributed by atoms with Crippen LogP contribution >= 0.6 is 11.8 Å². The van der Waals surface area contributed by atoms with Crippen LogP contribution in [0.15, 0.2) is 0 Å². The van der Waals surface area contributed by atoms with Crippen molar-refractivity contribution in [1.29, 1.82) is 0 Å². The number of carboxylic acid groups (broad SMARTS) is 1. The molecule has 1 unspecified atom stereocenters. The highest BCUT2D eigenvalue weighted by Gasteiger charge is 2.50. The second-order valence-electron chi connectivity index (χ2n) is 4.11. The van der Waals surface area contributed by atoms with Crippen molar-refractivity contribution < 1.29 is 14.7 Å². The van der Waals surface area contributed by atoms with Crippen molar-refractivity contribution in [1.82, 2.24) is 5.32 Å². The number of thioether (sulfide) groups is 1. The zero-order valence-electron chi connectivity index (χ0n) is 9.08. The van der Waals surface area contributed by atoms with Gasteiger partial charge in [0.1, 0.15) is 0 Å². The molecule has 2 N–H and O–H groups in total. The van der Waals surface area contributed by atoms with Crippen LogP contribution in [0.5, 0.6) is 0 Å². The van der Waals surface area contributed by atoms with Gasteiger partial charge in [0, 0.05) is 18.2 Å². The first-order valence-corrected chi connectivity index (χ1v) is 6.32. The molecule has 86 valence electrons. The molecule has 0 heterocycles. The molecule has 15 heavy (non-hydrogen) atoms. The van der Waals surface area contributed by atoms with E-state index >= 15 is 0 Å². The van der Waals surface area contributed by atoms with E-state index in [4.69, 9.17) is 5.11 Å². The van der Waals surface area contributed by atoms with Crippen molar-refractivity contribution in [2.24, 2.45) is 5.41 Å². The summed E-state index contributed by atoms with van der Waals surface area (Å²) in [6, 6.07) is 0. The lowest BCUT2D eigenvalue weighted by molar-refractivity contribution is -0.143. The number of carbonyl (C=O) groups is 2. The number of hydrogen-bond acceptors (Lipinski definition) is 3. The van der Waals surface area contributed by atoms with E-state index in [1.807, 2.05) is 13.2 Å². The molecular formula is C10H17NO3S. The average Bonchev–Trinajstić information content (AvgIpc) is 2.95. The first-order chi connectivity index (χ1) is 7.00. The van der Waals surface area contributed by atoms with Crippen LogP contribution in [0.2, 0.25) is 0 Å². The van der Waals surface area contributed by atoms with E-state index in [2.05, 4.69) is 5.32 Å². The van der Waals surface area contributed by atoms with Gasteiger partial charge in [0.2, 0.25) is 5.91 Å². The summed E-state index contributed by atoms with van der Waals surface area (Å²) in [5.41, 5.74) is -0.655. The zero-order valence-corrected chi connectivity index (χ0v) is 9.89. The van der Waals surface area contributed by atoms with E-state index < -0.39 is 11.4 Å². The molecule has 5 heteroatoms. The van der Waals surface area contributed by atoms with Crippen LogP contribution in [-0.4, -0.2) is 35.0 Å². The van der Waals surface area contributed by atoms with E-state index in [-0.39, 0.29) is 17.7 Å². The van der Waals surface area contributed by atoms with Crippen molar-refractivity contribution in [2.45, 2.75) is 31.4 Å². The van der Waals surface area contributed by atoms with Gasteiger partial charge in [0.15, 0.2) is 0 Å². The fourth-order valence-electron chi connectivity index (χ4n) is 1.30. The minimum Gasteiger partial charge on any atom is -0.481 e. The van der Waals surface area contributed by atoms with Crippen LogP contribution < -0.4 is 5.32 Å². The molecule has 0 radical (unpaired) electrons. The van der Waals surface area contributed by atoms with Gasteiger partial charge in [-0.25, -0.2) is 0 Å². The van der Waals surface area contributed by atoms with Crippen molar-refractivity contribution in [3.8, 4) is 0 Å². The molecule has 0 spiro atoms. The van der Waals surface area contributed by atoms with Gasteiger partial charge in [-0.3, -0.25) is 9.59 Å². The predicted octanol–water partition coefficient (Wildman–Crippen LogP) is 1.11. The molecule has 1 fully saturated rings. The SMILES string of the molecule is CSC(C)CC(=O)NCC1(C(=O)O)CC1. The van der Waals surface area contributed by atoms with Gasteiger partial charge in [0.05, 0.1) is 5.41 Å². The maximum Gasteiger partial charge on any atom is 0.311 e. The Bertz CT molecular complexity index is 263. The number of carbonyl (C=O) groups excluding carboxylic acids is 1. The Morgan fingerprint density at radius 2 is 2.13 bits per heavy atom. The molecule has 0 aromatic heterocycles. The standard InChI is InChI=1S/C10H17NO3S/c1-7(15-2)5-8(12)11-6-10(3-4-10)9(13)14/h7H,3-6H2,1-2H3,(H,11,12)(H,13,14). The molecule has 1 rings (SSSR count). The summed E-state index contributed by atoms with van der Waals surface area (Å²) in [5, 5.41) is 11.9. The number of rotatable bonds is 6. The Kier molecular flexibility index (Phi) is 4.02. The number of amides is 1. The molecule has 1 atom stereocenters. The Morgan fingerprint density at radius 3 is 2.53 bits per heavy atom. The Morgan fingerprint density at radius 1 is 1.53 bits per heavy atom. The van der Waals surface area contributed by atoms with E-state index in [1.165, 1.54) is 0 Å². The van der Waals surface area contributed by atoms with Gasteiger partial charge >= 0.3 is 5.97 Å². The fourth-order valence-corrected chi connectivity index (χ4v) is 1.62. The molecule has 1 amide bonds. The quantitative estimate of drug-likeness (QED) is 0.718. The highest BCUT2D eigenvalue weighted by atomic mass is 32.2. The van der Waals surface area contributed by atoms with Crippen LogP contribution in [0, 0.1) is 5.41 Å². The largest absolute Gasteiger partial charge is 0.481 e. The molecule has 4 nitrogen and oxygen atoms in total. The summed E-state index contributed by atoms with van der Waals surface area (Å²) in [6.45, 7) is 2.26. The third-order valence-electron chi connectivity index (χ3n) is 2.81. The first kappa shape index (κ1) is 12.4. The highest BCUT2D eigenvalue weighted by Crippen LogP contribution is 2.45. The van der Waals surface area contributed by atoms with Crippen LogP contribution in [0.25, 0.3) is 0 Å². The van der Waals surface area contributed by atoms with E-state index in [0.29, 0.717) is 19.3 Å².